The van der Waals surface area contributed by atoms with Gasteiger partial charge in [0.25, 0.3) is 0 Å². The fourth-order valence-corrected chi connectivity index (χ4v) is 8.55. The van der Waals surface area contributed by atoms with Gasteiger partial charge in [-0.3, -0.25) is 14.4 Å². The van der Waals surface area contributed by atoms with Crippen LogP contribution in [0.15, 0.2) is 60.8 Å². The van der Waals surface area contributed by atoms with Crippen LogP contribution in [0.3, 0.4) is 0 Å². The third kappa shape index (κ3) is 55.9. The van der Waals surface area contributed by atoms with Crippen molar-refractivity contribution >= 4 is 17.9 Å². The van der Waals surface area contributed by atoms with E-state index in [2.05, 4.69) is 81.5 Å². The molecule has 0 radical (unpaired) electrons. The molecule has 0 bridgehead atoms. The van der Waals surface area contributed by atoms with Gasteiger partial charge in [-0.05, 0) is 83.5 Å². The first-order valence-corrected chi connectivity index (χ1v) is 29.8. The molecule has 0 aromatic carbocycles. The van der Waals surface area contributed by atoms with E-state index in [4.69, 9.17) is 14.2 Å². The summed E-state index contributed by atoms with van der Waals surface area (Å²) in [4.78, 5) is 37.8. The number of unbranched alkanes of at least 4 members (excludes halogenated alkanes) is 33. The number of esters is 3. The maximum atomic E-state index is 12.8. The molecule has 69 heavy (non-hydrogen) atoms. The molecule has 0 aromatic heterocycles. The van der Waals surface area contributed by atoms with E-state index in [1.165, 1.54) is 167 Å². The Balaban J connectivity index is 4.06. The molecule has 0 aliphatic carbocycles. The summed E-state index contributed by atoms with van der Waals surface area (Å²) in [5, 5.41) is 0. The van der Waals surface area contributed by atoms with Crippen molar-refractivity contribution < 1.29 is 28.6 Å². The van der Waals surface area contributed by atoms with E-state index < -0.39 is 6.10 Å². The number of allylic oxidation sites excluding steroid dienone is 10. The summed E-state index contributed by atoms with van der Waals surface area (Å²) >= 11 is 0. The predicted molar refractivity (Wildman–Crippen MR) is 298 cm³/mol. The fourth-order valence-electron chi connectivity index (χ4n) is 8.55. The van der Waals surface area contributed by atoms with Crippen molar-refractivity contribution in [1.29, 1.82) is 0 Å². The summed E-state index contributed by atoms with van der Waals surface area (Å²) < 4.78 is 16.7. The number of rotatable bonds is 54. The van der Waals surface area contributed by atoms with Crippen molar-refractivity contribution in [2.45, 2.75) is 309 Å². The molecule has 0 saturated heterocycles. The van der Waals surface area contributed by atoms with Crippen molar-refractivity contribution in [2.75, 3.05) is 13.2 Å². The summed E-state index contributed by atoms with van der Waals surface area (Å²) in [6.45, 7) is 6.47. The maximum absolute atomic E-state index is 12.8. The van der Waals surface area contributed by atoms with Gasteiger partial charge in [-0.25, -0.2) is 0 Å². The van der Waals surface area contributed by atoms with Crippen LogP contribution in [0.25, 0.3) is 0 Å². The van der Waals surface area contributed by atoms with Crippen molar-refractivity contribution in [3.05, 3.63) is 60.8 Å². The summed E-state index contributed by atoms with van der Waals surface area (Å²) in [7, 11) is 0. The van der Waals surface area contributed by atoms with Crippen LogP contribution >= 0.6 is 0 Å². The van der Waals surface area contributed by atoms with Gasteiger partial charge in [0.05, 0.1) is 0 Å². The highest BCUT2D eigenvalue weighted by atomic mass is 16.6. The number of ether oxygens (including phenoxy) is 3. The minimum Gasteiger partial charge on any atom is -0.462 e. The zero-order valence-electron chi connectivity index (χ0n) is 45.8. The standard InChI is InChI=1S/C63H112O6/c1-4-7-10-13-15-17-19-21-23-25-27-29-30-31-32-34-35-37-39-41-43-45-47-50-53-56-62(65)68-59-60(58-67-61(64)55-52-49-12-9-6-3)69-63(66)57-54-51-48-46-44-42-40-38-36-33-28-26-24-22-20-18-16-14-11-8-5-2/h8,11,16,18,22,24-25,27-28,33,60H,4-7,9-10,12-15,17,19-21,23,26,29-32,34-59H2,1-3H3/b11-8-,18-16-,24-22-,27-25-,33-28-. The summed E-state index contributed by atoms with van der Waals surface area (Å²) in [5.74, 6) is -0.888. The second-order valence-electron chi connectivity index (χ2n) is 19.9. The largest absolute Gasteiger partial charge is 0.462 e. The maximum Gasteiger partial charge on any atom is 0.306 e. The van der Waals surface area contributed by atoms with Crippen LogP contribution in [0.4, 0.5) is 0 Å². The smallest absolute Gasteiger partial charge is 0.306 e. The van der Waals surface area contributed by atoms with Crippen LogP contribution in [0.5, 0.6) is 0 Å². The fraction of sp³-hybridized carbons (Fsp3) is 0.794. The average Bonchev–Trinajstić information content (AvgIpc) is 3.35. The number of carbonyl (C=O) groups is 3. The lowest BCUT2D eigenvalue weighted by Gasteiger charge is -2.18. The lowest BCUT2D eigenvalue weighted by atomic mass is 10.0. The van der Waals surface area contributed by atoms with Gasteiger partial charge in [0.2, 0.25) is 0 Å². The molecule has 0 aliphatic rings. The highest BCUT2D eigenvalue weighted by Crippen LogP contribution is 2.16. The topological polar surface area (TPSA) is 78.9 Å². The Bertz CT molecular complexity index is 1250. The van der Waals surface area contributed by atoms with Gasteiger partial charge in [0.1, 0.15) is 13.2 Å². The van der Waals surface area contributed by atoms with Gasteiger partial charge >= 0.3 is 17.9 Å². The van der Waals surface area contributed by atoms with Crippen molar-refractivity contribution in [3.63, 3.8) is 0 Å². The Kier molecular flexibility index (Phi) is 55.3. The summed E-state index contributed by atoms with van der Waals surface area (Å²) in [6.07, 6.45) is 72.7. The van der Waals surface area contributed by atoms with E-state index in [1.54, 1.807) is 0 Å². The van der Waals surface area contributed by atoms with E-state index in [0.717, 1.165) is 96.3 Å². The second kappa shape index (κ2) is 57.7. The van der Waals surface area contributed by atoms with Crippen molar-refractivity contribution in [2.24, 2.45) is 0 Å². The molecule has 1 unspecified atom stereocenters. The third-order valence-corrected chi connectivity index (χ3v) is 13.0. The highest BCUT2D eigenvalue weighted by Gasteiger charge is 2.19. The van der Waals surface area contributed by atoms with Crippen LogP contribution in [-0.2, 0) is 28.6 Å². The zero-order valence-corrected chi connectivity index (χ0v) is 45.8. The van der Waals surface area contributed by atoms with Gasteiger partial charge in [0, 0.05) is 19.3 Å². The van der Waals surface area contributed by atoms with Crippen LogP contribution in [-0.4, -0.2) is 37.2 Å². The molecule has 0 saturated carbocycles. The Morgan fingerprint density at radius 1 is 0.304 bits per heavy atom. The third-order valence-electron chi connectivity index (χ3n) is 13.0. The van der Waals surface area contributed by atoms with Gasteiger partial charge < -0.3 is 14.2 Å². The minimum absolute atomic E-state index is 0.0760. The molecule has 0 aliphatic heterocycles. The monoisotopic (exact) mass is 965 g/mol. The number of carbonyl (C=O) groups excluding carboxylic acids is 3. The SMILES string of the molecule is CC/C=C\C/C=C\C/C=C\C/C=C\CCCCCCCCCCC(=O)OC(COC(=O)CCCCCCC)COC(=O)CCCCCCCCCCCCCCC/C=C\CCCCCCCCCC. The predicted octanol–water partition coefficient (Wildman–Crippen LogP) is 20.0. The Hall–Kier alpha value is -2.89. The summed E-state index contributed by atoms with van der Waals surface area (Å²) in [6, 6.07) is 0. The van der Waals surface area contributed by atoms with Gasteiger partial charge in [-0.15, -0.1) is 0 Å². The van der Waals surface area contributed by atoms with E-state index in [0.29, 0.717) is 19.3 Å². The molecule has 400 valence electrons. The van der Waals surface area contributed by atoms with E-state index in [9.17, 15) is 14.4 Å². The number of hydrogen-bond donors (Lipinski definition) is 0. The average molecular weight is 966 g/mol. The first-order chi connectivity index (χ1) is 34.0. The second-order valence-corrected chi connectivity index (χ2v) is 19.9. The minimum atomic E-state index is -0.774. The first-order valence-electron chi connectivity index (χ1n) is 29.8. The van der Waals surface area contributed by atoms with Crippen LogP contribution < -0.4 is 0 Å². The molecule has 0 aromatic rings. The van der Waals surface area contributed by atoms with Gasteiger partial charge in [0.15, 0.2) is 6.10 Å². The molecule has 0 fully saturated rings. The van der Waals surface area contributed by atoms with Crippen LogP contribution in [0.1, 0.15) is 303 Å². The first kappa shape index (κ1) is 66.1. The molecule has 1 atom stereocenters. The Labute approximate surface area is 428 Å². The van der Waals surface area contributed by atoms with Gasteiger partial charge in [-0.2, -0.15) is 0 Å². The molecule has 0 amide bonds. The number of hydrogen-bond acceptors (Lipinski definition) is 6. The zero-order chi connectivity index (χ0) is 50.0. The summed E-state index contributed by atoms with van der Waals surface area (Å²) in [5.41, 5.74) is 0. The van der Waals surface area contributed by atoms with E-state index in [1.807, 2.05) is 0 Å². The molecule has 0 rings (SSSR count). The van der Waals surface area contributed by atoms with Crippen molar-refractivity contribution in [3.8, 4) is 0 Å². The van der Waals surface area contributed by atoms with Crippen LogP contribution in [0.2, 0.25) is 0 Å². The van der Waals surface area contributed by atoms with E-state index in [-0.39, 0.29) is 31.1 Å². The van der Waals surface area contributed by atoms with Crippen molar-refractivity contribution in [1.82, 2.24) is 0 Å². The molecule has 6 heteroatoms. The quantitative estimate of drug-likeness (QED) is 0.0262. The lowest BCUT2D eigenvalue weighted by molar-refractivity contribution is -0.167. The normalized spacial score (nSPS) is 12.4. The Morgan fingerprint density at radius 3 is 0.899 bits per heavy atom. The molecular formula is C63H112O6. The molecule has 0 N–H and O–H groups in total. The highest BCUT2D eigenvalue weighted by molar-refractivity contribution is 5.71. The van der Waals surface area contributed by atoms with Crippen LogP contribution in [0, 0.1) is 0 Å². The Morgan fingerprint density at radius 2 is 0.565 bits per heavy atom. The molecule has 6 nitrogen and oxygen atoms in total. The van der Waals surface area contributed by atoms with E-state index >= 15 is 0 Å². The molecular weight excluding hydrogens is 853 g/mol. The molecule has 0 heterocycles. The van der Waals surface area contributed by atoms with Gasteiger partial charge in [-0.1, -0.05) is 261 Å². The molecule has 0 spiro atoms. The lowest BCUT2D eigenvalue weighted by Crippen LogP contribution is -2.30.